The van der Waals surface area contributed by atoms with Gasteiger partial charge in [0.1, 0.15) is 5.71 Å². The van der Waals surface area contributed by atoms with Crippen molar-refractivity contribution in [1.29, 1.82) is 0 Å². The molecule has 1 aliphatic heterocycles. The number of Topliss-reactive ketones (excluding diaryl/α,β-unsaturated/α-hetero) is 1. The second-order valence-corrected chi connectivity index (χ2v) is 5.61. The number of carboxylic acids is 1. The van der Waals surface area contributed by atoms with Gasteiger partial charge in [-0.25, -0.2) is 9.80 Å². The molecular formula is C13H12Cl2N2O3. The van der Waals surface area contributed by atoms with Gasteiger partial charge in [-0.3, -0.25) is 4.79 Å². The van der Waals surface area contributed by atoms with Crippen LogP contribution in [0.3, 0.4) is 0 Å². The fourth-order valence-corrected chi connectivity index (χ4v) is 2.49. The van der Waals surface area contributed by atoms with Crippen LogP contribution in [-0.2, 0) is 9.59 Å². The highest BCUT2D eigenvalue weighted by molar-refractivity contribution is 6.41. The van der Waals surface area contributed by atoms with Crippen LogP contribution in [0, 0.1) is 0 Å². The second-order valence-electron chi connectivity index (χ2n) is 4.77. The third kappa shape index (κ3) is 2.39. The largest absolute Gasteiger partial charge is 0.479 e. The molecule has 1 N–H and O–H groups in total. The first-order chi connectivity index (χ1) is 9.25. The Bertz CT molecular complexity index is 630. The Balaban J connectivity index is 2.55. The van der Waals surface area contributed by atoms with Crippen molar-refractivity contribution in [2.45, 2.75) is 25.8 Å². The molecule has 20 heavy (non-hydrogen) atoms. The number of nitrogens with zero attached hydrogens (tertiary/aromatic N) is 2. The molecule has 0 amide bonds. The molecule has 0 saturated heterocycles. The normalized spacial score (nSPS) is 21.8. The number of carbonyl (C=O) groups is 2. The molecular weight excluding hydrogens is 303 g/mol. The zero-order valence-corrected chi connectivity index (χ0v) is 12.4. The molecule has 0 aromatic heterocycles. The number of aliphatic carboxylic acids is 1. The number of rotatable bonds is 3. The SMILES string of the molecule is CC(=O)C1=NN(c2ccc(Cl)cc2Cl)C(C)(C(=O)O)C1. The molecule has 2 rings (SSSR count). The molecule has 1 unspecified atom stereocenters. The highest BCUT2D eigenvalue weighted by Crippen LogP contribution is 2.38. The van der Waals surface area contributed by atoms with Crippen molar-refractivity contribution in [3.8, 4) is 0 Å². The summed E-state index contributed by atoms with van der Waals surface area (Å²) in [6, 6.07) is 4.67. The summed E-state index contributed by atoms with van der Waals surface area (Å²) in [7, 11) is 0. The Morgan fingerprint density at radius 3 is 2.55 bits per heavy atom. The van der Waals surface area contributed by atoms with E-state index in [0.717, 1.165) is 0 Å². The number of hydrogen-bond donors (Lipinski definition) is 1. The van der Waals surface area contributed by atoms with E-state index in [2.05, 4.69) is 5.10 Å². The monoisotopic (exact) mass is 314 g/mol. The summed E-state index contributed by atoms with van der Waals surface area (Å²) in [6.07, 6.45) is 0.0244. The summed E-state index contributed by atoms with van der Waals surface area (Å²) in [5, 5.41) is 15.5. The predicted octanol–water partition coefficient (Wildman–Crippen LogP) is 2.99. The van der Waals surface area contributed by atoms with Gasteiger partial charge < -0.3 is 5.11 Å². The third-order valence-corrected chi connectivity index (χ3v) is 3.74. The number of ketones is 1. The standard InChI is InChI=1S/C13H12Cl2N2O3/c1-7(18)10-6-13(2,12(19)20)17(16-10)11-4-3-8(14)5-9(11)15/h3-5H,6H2,1-2H3,(H,19,20). The summed E-state index contributed by atoms with van der Waals surface area (Å²) < 4.78 is 0. The quantitative estimate of drug-likeness (QED) is 0.931. The minimum absolute atomic E-state index is 0.0244. The number of carboxylic acid groups (broad SMARTS) is 1. The van der Waals surface area contributed by atoms with Crippen LogP contribution < -0.4 is 5.01 Å². The summed E-state index contributed by atoms with van der Waals surface area (Å²) in [5.74, 6) is -1.34. The van der Waals surface area contributed by atoms with Crippen LogP contribution >= 0.6 is 23.2 Å². The molecule has 5 nitrogen and oxygen atoms in total. The molecule has 1 aromatic carbocycles. The van der Waals surface area contributed by atoms with Crippen LogP contribution in [0.4, 0.5) is 5.69 Å². The van der Waals surface area contributed by atoms with E-state index in [1.165, 1.54) is 24.9 Å². The van der Waals surface area contributed by atoms with Crippen LogP contribution in [-0.4, -0.2) is 28.1 Å². The van der Waals surface area contributed by atoms with Crippen molar-refractivity contribution in [1.82, 2.24) is 0 Å². The van der Waals surface area contributed by atoms with Crippen LogP contribution in [0.1, 0.15) is 20.3 Å². The summed E-state index contributed by atoms with van der Waals surface area (Å²) in [5.41, 5.74) is -0.739. The highest BCUT2D eigenvalue weighted by atomic mass is 35.5. The van der Waals surface area contributed by atoms with Gasteiger partial charge in [-0.2, -0.15) is 5.10 Å². The zero-order valence-electron chi connectivity index (χ0n) is 10.9. The van der Waals surface area contributed by atoms with Crippen LogP contribution in [0.25, 0.3) is 0 Å². The number of hydrogen-bond acceptors (Lipinski definition) is 4. The maximum atomic E-state index is 11.6. The molecule has 106 valence electrons. The molecule has 1 heterocycles. The van der Waals surface area contributed by atoms with E-state index in [9.17, 15) is 14.7 Å². The van der Waals surface area contributed by atoms with Gasteiger partial charge in [0.15, 0.2) is 11.3 Å². The third-order valence-electron chi connectivity index (χ3n) is 3.20. The molecule has 0 radical (unpaired) electrons. The van der Waals surface area contributed by atoms with E-state index in [4.69, 9.17) is 23.2 Å². The van der Waals surface area contributed by atoms with Gasteiger partial charge in [0.2, 0.25) is 0 Å². The number of halogens is 2. The Morgan fingerprint density at radius 2 is 2.05 bits per heavy atom. The molecule has 7 heteroatoms. The van der Waals surface area contributed by atoms with Gasteiger partial charge >= 0.3 is 5.97 Å². The van der Waals surface area contributed by atoms with Crippen molar-refractivity contribution in [3.05, 3.63) is 28.2 Å². The van der Waals surface area contributed by atoms with Crippen LogP contribution in [0.15, 0.2) is 23.3 Å². The van der Waals surface area contributed by atoms with E-state index in [0.29, 0.717) is 10.7 Å². The number of anilines is 1. The Labute approximate surface area is 125 Å². The second kappa shape index (κ2) is 5.07. The van der Waals surface area contributed by atoms with Crippen molar-refractivity contribution in [2.24, 2.45) is 5.10 Å². The van der Waals surface area contributed by atoms with Gasteiger partial charge in [-0.05, 0) is 25.1 Å². The maximum Gasteiger partial charge on any atom is 0.331 e. The molecule has 0 spiro atoms. The molecule has 0 fully saturated rings. The van der Waals surface area contributed by atoms with E-state index in [-0.39, 0.29) is 22.9 Å². The predicted molar refractivity (Wildman–Crippen MR) is 77.7 cm³/mol. The molecule has 0 bridgehead atoms. The maximum absolute atomic E-state index is 11.6. The Morgan fingerprint density at radius 1 is 1.40 bits per heavy atom. The first-order valence-corrected chi connectivity index (χ1v) is 6.58. The molecule has 1 aromatic rings. The molecule has 0 saturated carbocycles. The van der Waals surface area contributed by atoms with Gasteiger partial charge in [0, 0.05) is 18.4 Å². The topological polar surface area (TPSA) is 70.0 Å². The van der Waals surface area contributed by atoms with Crippen LogP contribution in [0.5, 0.6) is 0 Å². The molecule has 1 atom stereocenters. The van der Waals surface area contributed by atoms with Crippen molar-refractivity contribution < 1.29 is 14.7 Å². The highest BCUT2D eigenvalue weighted by Gasteiger charge is 2.47. The van der Waals surface area contributed by atoms with Crippen LogP contribution in [0.2, 0.25) is 10.0 Å². The van der Waals surface area contributed by atoms with E-state index in [1.807, 2.05) is 0 Å². The average Bonchev–Trinajstić information content (AvgIpc) is 2.69. The van der Waals surface area contributed by atoms with E-state index >= 15 is 0 Å². The van der Waals surface area contributed by atoms with Crippen molar-refractivity contribution in [2.75, 3.05) is 5.01 Å². The van der Waals surface area contributed by atoms with E-state index in [1.54, 1.807) is 12.1 Å². The van der Waals surface area contributed by atoms with Gasteiger partial charge in [0.05, 0.1) is 10.7 Å². The lowest BCUT2D eigenvalue weighted by Crippen LogP contribution is -2.47. The summed E-state index contributed by atoms with van der Waals surface area (Å²) in [6.45, 7) is 2.85. The lowest BCUT2D eigenvalue weighted by Gasteiger charge is -2.30. The van der Waals surface area contributed by atoms with Crippen molar-refractivity contribution in [3.63, 3.8) is 0 Å². The summed E-state index contributed by atoms with van der Waals surface area (Å²) >= 11 is 11.9. The lowest BCUT2D eigenvalue weighted by molar-refractivity contribution is -0.142. The average molecular weight is 315 g/mol. The zero-order chi connectivity index (χ0) is 15.1. The molecule has 1 aliphatic rings. The number of hydrazone groups is 1. The fourth-order valence-electron chi connectivity index (χ4n) is 2.00. The fraction of sp³-hybridized carbons (Fsp3) is 0.308. The van der Waals surface area contributed by atoms with Gasteiger partial charge in [-0.1, -0.05) is 23.2 Å². The lowest BCUT2D eigenvalue weighted by atomic mass is 9.94. The van der Waals surface area contributed by atoms with Gasteiger partial charge in [0.25, 0.3) is 0 Å². The van der Waals surface area contributed by atoms with E-state index < -0.39 is 11.5 Å². The smallest absolute Gasteiger partial charge is 0.331 e. The Hall–Kier alpha value is -1.59. The minimum Gasteiger partial charge on any atom is -0.479 e. The minimum atomic E-state index is -1.35. The number of carbonyl (C=O) groups excluding carboxylic acids is 1. The summed E-state index contributed by atoms with van der Waals surface area (Å²) in [4.78, 5) is 23.0. The first-order valence-electron chi connectivity index (χ1n) is 5.83. The van der Waals surface area contributed by atoms with Gasteiger partial charge in [-0.15, -0.1) is 0 Å². The molecule has 0 aliphatic carbocycles. The first kappa shape index (κ1) is 14.8. The number of benzene rings is 1. The van der Waals surface area contributed by atoms with Crippen molar-refractivity contribution >= 4 is 46.4 Å². The Kier molecular flexibility index (Phi) is 3.75.